The monoisotopic (exact) mass is 388 g/mol. The fourth-order valence-electron chi connectivity index (χ4n) is 2.85. The Balaban J connectivity index is 1.42. The minimum Gasteiger partial charge on any atom is -0.484 e. The molecule has 148 valence electrons. The fourth-order valence-corrected chi connectivity index (χ4v) is 2.85. The summed E-state index contributed by atoms with van der Waals surface area (Å²) >= 11 is 0. The molecule has 0 fully saturated rings. The van der Waals surface area contributed by atoms with Gasteiger partial charge in [0.25, 0.3) is 5.91 Å². The lowest BCUT2D eigenvalue weighted by molar-refractivity contribution is -0.118. The molecule has 0 aliphatic heterocycles. The van der Waals surface area contributed by atoms with Gasteiger partial charge in [0.2, 0.25) is 5.91 Å². The lowest BCUT2D eigenvalue weighted by atomic mass is 10.1. The zero-order valence-corrected chi connectivity index (χ0v) is 16.1. The van der Waals surface area contributed by atoms with Crippen molar-refractivity contribution in [2.24, 2.45) is 0 Å². The van der Waals surface area contributed by atoms with Crippen molar-refractivity contribution < 1.29 is 14.3 Å². The van der Waals surface area contributed by atoms with Crippen LogP contribution in [0.1, 0.15) is 18.4 Å². The number of carbonyl (C=O) groups is 2. The number of hydrogen-bond donors (Lipinski definition) is 2. The van der Waals surface area contributed by atoms with Crippen molar-refractivity contribution >= 4 is 23.2 Å². The lowest BCUT2D eigenvalue weighted by Crippen LogP contribution is -2.20. The molecule has 5 nitrogen and oxygen atoms in total. The van der Waals surface area contributed by atoms with Crippen molar-refractivity contribution in [3.05, 3.63) is 90.5 Å². The van der Waals surface area contributed by atoms with Gasteiger partial charge in [-0.15, -0.1) is 0 Å². The second-order valence-electron chi connectivity index (χ2n) is 6.62. The van der Waals surface area contributed by atoms with Crippen LogP contribution >= 0.6 is 0 Å². The number of ether oxygens (including phenoxy) is 1. The first-order valence-electron chi connectivity index (χ1n) is 9.60. The van der Waals surface area contributed by atoms with Crippen LogP contribution in [0.15, 0.2) is 84.9 Å². The molecule has 2 N–H and O–H groups in total. The molecule has 0 spiro atoms. The van der Waals surface area contributed by atoms with E-state index in [0.29, 0.717) is 17.9 Å². The number of anilines is 2. The Hall–Kier alpha value is -3.60. The second kappa shape index (κ2) is 10.7. The average molecular weight is 388 g/mol. The van der Waals surface area contributed by atoms with Crippen LogP contribution in [0, 0.1) is 0 Å². The zero-order chi connectivity index (χ0) is 20.3. The smallest absolute Gasteiger partial charge is 0.262 e. The molecule has 2 amide bonds. The Labute approximate surface area is 170 Å². The molecule has 0 saturated carbocycles. The van der Waals surface area contributed by atoms with E-state index >= 15 is 0 Å². The lowest BCUT2D eigenvalue weighted by Gasteiger charge is -2.10. The largest absolute Gasteiger partial charge is 0.484 e. The molecule has 0 radical (unpaired) electrons. The molecule has 0 heterocycles. The highest BCUT2D eigenvalue weighted by atomic mass is 16.5. The summed E-state index contributed by atoms with van der Waals surface area (Å²) in [6.45, 7) is -0.108. The van der Waals surface area contributed by atoms with Crippen molar-refractivity contribution in [1.82, 2.24) is 0 Å². The summed E-state index contributed by atoms with van der Waals surface area (Å²) in [5.41, 5.74) is 2.60. The van der Waals surface area contributed by atoms with E-state index in [9.17, 15) is 9.59 Å². The van der Waals surface area contributed by atoms with Gasteiger partial charge in [-0.2, -0.15) is 0 Å². The first-order chi connectivity index (χ1) is 14.2. The summed E-state index contributed by atoms with van der Waals surface area (Å²) in [4.78, 5) is 24.1. The van der Waals surface area contributed by atoms with Gasteiger partial charge in [-0.25, -0.2) is 0 Å². The molecule has 0 saturated heterocycles. The van der Waals surface area contributed by atoms with Gasteiger partial charge in [0.15, 0.2) is 6.61 Å². The van der Waals surface area contributed by atoms with E-state index in [1.807, 2.05) is 48.5 Å². The summed E-state index contributed by atoms with van der Waals surface area (Å²) in [6.07, 6.45) is 2.10. The summed E-state index contributed by atoms with van der Waals surface area (Å²) < 4.78 is 5.54. The van der Waals surface area contributed by atoms with Crippen molar-refractivity contribution in [3.8, 4) is 5.75 Å². The van der Waals surface area contributed by atoms with Gasteiger partial charge in [0.1, 0.15) is 5.75 Å². The van der Waals surface area contributed by atoms with Crippen LogP contribution in [0.5, 0.6) is 5.75 Å². The minimum absolute atomic E-state index is 0.0418. The van der Waals surface area contributed by atoms with Gasteiger partial charge < -0.3 is 15.4 Å². The van der Waals surface area contributed by atoms with E-state index in [2.05, 4.69) is 22.8 Å². The molecule has 0 unspecified atom stereocenters. The van der Waals surface area contributed by atoms with Crippen molar-refractivity contribution in [1.29, 1.82) is 0 Å². The maximum Gasteiger partial charge on any atom is 0.262 e. The molecule has 0 bridgehead atoms. The van der Waals surface area contributed by atoms with Gasteiger partial charge >= 0.3 is 0 Å². The molecular weight excluding hydrogens is 364 g/mol. The second-order valence-corrected chi connectivity index (χ2v) is 6.62. The Morgan fingerprint density at radius 1 is 0.724 bits per heavy atom. The number of rotatable bonds is 9. The van der Waals surface area contributed by atoms with Crippen LogP contribution in [0.25, 0.3) is 0 Å². The van der Waals surface area contributed by atoms with Crippen LogP contribution in [-0.4, -0.2) is 18.4 Å². The number of carbonyl (C=O) groups excluding carboxylic acids is 2. The summed E-state index contributed by atoms with van der Waals surface area (Å²) in [5, 5.41) is 5.64. The molecular formula is C24H24N2O3. The van der Waals surface area contributed by atoms with E-state index < -0.39 is 0 Å². The van der Waals surface area contributed by atoms with E-state index in [4.69, 9.17) is 4.74 Å². The highest BCUT2D eigenvalue weighted by Gasteiger charge is 2.06. The SMILES string of the molecule is O=C(CCCc1ccccc1)Nc1cccc(OCC(=O)Nc2ccccc2)c1. The van der Waals surface area contributed by atoms with Crippen LogP contribution < -0.4 is 15.4 Å². The van der Waals surface area contributed by atoms with Crippen molar-refractivity contribution in [2.45, 2.75) is 19.3 Å². The number of para-hydroxylation sites is 1. The molecule has 3 aromatic rings. The Morgan fingerprint density at radius 2 is 1.38 bits per heavy atom. The van der Waals surface area contributed by atoms with E-state index in [1.165, 1.54) is 5.56 Å². The topological polar surface area (TPSA) is 67.4 Å². The Kier molecular flexibility index (Phi) is 7.41. The number of amides is 2. The fraction of sp³-hybridized carbons (Fsp3) is 0.167. The van der Waals surface area contributed by atoms with Gasteiger partial charge in [-0.3, -0.25) is 9.59 Å². The standard InChI is InChI=1S/C24H24N2O3/c27-23(16-7-11-19-9-3-1-4-10-19)26-21-14-8-15-22(17-21)29-18-24(28)25-20-12-5-2-6-13-20/h1-6,8-10,12-15,17H,7,11,16,18H2,(H,25,28)(H,26,27). The molecule has 3 rings (SSSR count). The molecule has 5 heteroatoms. The van der Waals surface area contributed by atoms with Crippen molar-refractivity contribution in [2.75, 3.05) is 17.2 Å². The first-order valence-corrected chi connectivity index (χ1v) is 9.60. The number of benzene rings is 3. The quantitative estimate of drug-likeness (QED) is 0.560. The average Bonchev–Trinajstić information content (AvgIpc) is 2.74. The molecule has 0 aromatic heterocycles. The number of nitrogens with one attached hydrogen (secondary N) is 2. The molecule has 29 heavy (non-hydrogen) atoms. The number of hydrogen-bond acceptors (Lipinski definition) is 3. The molecule has 3 aromatic carbocycles. The molecule has 0 aliphatic carbocycles. The molecule has 0 atom stereocenters. The van der Waals surface area contributed by atoms with Crippen LogP contribution in [0.4, 0.5) is 11.4 Å². The normalized spacial score (nSPS) is 10.2. The minimum atomic E-state index is -0.244. The van der Waals surface area contributed by atoms with Crippen LogP contribution in [-0.2, 0) is 16.0 Å². The van der Waals surface area contributed by atoms with Gasteiger partial charge in [-0.05, 0) is 42.7 Å². The van der Waals surface area contributed by atoms with E-state index in [0.717, 1.165) is 18.5 Å². The predicted octanol–water partition coefficient (Wildman–Crippen LogP) is 4.67. The first kappa shape index (κ1) is 20.1. The maximum absolute atomic E-state index is 12.2. The highest BCUT2D eigenvalue weighted by molar-refractivity contribution is 5.92. The highest BCUT2D eigenvalue weighted by Crippen LogP contribution is 2.18. The van der Waals surface area contributed by atoms with Crippen LogP contribution in [0.3, 0.4) is 0 Å². The maximum atomic E-state index is 12.2. The Morgan fingerprint density at radius 3 is 2.14 bits per heavy atom. The van der Waals surface area contributed by atoms with E-state index in [-0.39, 0.29) is 18.4 Å². The third-order valence-electron chi connectivity index (χ3n) is 4.26. The summed E-state index contributed by atoms with van der Waals surface area (Å²) in [5.74, 6) is 0.238. The van der Waals surface area contributed by atoms with E-state index in [1.54, 1.807) is 24.3 Å². The van der Waals surface area contributed by atoms with Crippen molar-refractivity contribution in [3.63, 3.8) is 0 Å². The zero-order valence-electron chi connectivity index (χ0n) is 16.1. The molecule has 0 aliphatic rings. The van der Waals surface area contributed by atoms with Gasteiger partial charge in [0.05, 0.1) is 0 Å². The predicted molar refractivity (Wildman–Crippen MR) is 115 cm³/mol. The third kappa shape index (κ3) is 7.14. The van der Waals surface area contributed by atoms with Gasteiger partial charge in [0, 0.05) is 23.9 Å². The third-order valence-corrected chi connectivity index (χ3v) is 4.26. The summed E-state index contributed by atoms with van der Waals surface area (Å²) in [7, 11) is 0. The number of aryl methyl sites for hydroxylation is 1. The van der Waals surface area contributed by atoms with Crippen LogP contribution in [0.2, 0.25) is 0 Å². The summed E-state index contributed by atoms with van der Waals surface area (Å²) in [6, 6.07) is 26.4. The Bertz CT molecular complexity index is 927. The van der Waals surface area contributed by atoms with Gasteiger partial charge in [-0.1, -0.05) is 54.6 Å².